The summed E-state index contributed by atoms with van der Waals surface area (Å²) in [4.78, 5) is 13.7. The largest absolute Gasteiger partial charge is 0.393 e. The van der Waals surface area contributed by atoms with E-state index in [0.717, 1.165) is 6.54 Å². The average molecular weight is 257 g/mol. The molecule has 0 aromatic heterocycles. The van der Waals surface area contributed by atoms with Crippen LogP contribution in [0.4, 0.5) is 4.79 Å². The fourth-order valence-electron chi connectivity index (χ4n) is 2.33. The van der Waals surface area contributed by atoms with Crippen molar-refractivity contribution in [1.82, 2.24) is 15.5 Å². The fraction of sp³-hybridized carbons (Fsp3) is 0.923. The van der Waals surface area contributed by atoms with Crippen molar-refractivity contribution in [3.05, 3.63) is 0 Å². The van der Waals surface area contributed by atoms with E-state index < -0.39 is 0 Å². The molecule has 1 rings (SSSR count). The highest BCUT2D eigenvalue weighted by atomic mass is 16.3. The van der Waals surface area contributed by atoms with Gasteiger partial charge in [0.1, 0.15) is 0 Å². The van der Waals surface area contributed by atoms with Crippen molar-refractivity contribution < 1.29 is 9.90 Å². The van der Waals surface area contributed by atoms with Gasteiger partial charge in [0.2, 0.25) is 0 Å². The lowest BCUT2D eigenvalue weighted by Gasteiger charge is -2.23. The van der Waals surface area contributed by atoms with Crippen LogP contribution in [-0.4, -0.2) is 54.9 Å². The topological polar surface area (TPSA) is 64.6 Å². The van der Waals surface area contributed by atoms with Crippen LogP contribution < -0.4 is 10.6 Å². The lowest BCUT2D eigenvalue weighted by molar-refractivity contribution is 0.183. The molecule has 1 fully saturated rings. The van der Waals surface area contributed by atoms with E-state index in [1.54, 1.807) is 6.92 Å². The molecule has 1 atom stereocenters. The Morgan fingerprint density at radius 3 is 2.56 bits per heavy atom. The van der Waals surface area contributed by atoms with Gasteiger partial charge in [0.25, 0.3) is 0 Å². The summed E-state index contributed by atoms with van der Waals surface area (Å²) in [7, 11) is 2.13. The van der Waals surface area contributed by atoms with Crippen molar-refractivity contribution in [2.24, 2.45) is 0 Å². The molecule has 1 saturated carbocycles. The quantitative estimate of drug-likeness (QED) is 0.636. The molecule has 1 aliphatic rings. The summed E-state index contributed by atoms with van der Waals surface area (Å²) in [6.07, 6.45) is 5.48. The third kappa shape index (κ3) is 6.21. The van der Waals surface area contributed by atoms with Crippen LogP contribution in [0.3, 0.4) is 0 Å². The van der Waals surface area contributed by atoms with Gasteiger partial charge in [-0.2, -0.15) is 0 Å². The lowest BCUT2D eigenvalue weighted by atomic mass is 10.2. The zero-order valence-corrected chi connectivity index (χ0v) is 11.6. The van der Waals surface area contributed by atoms with Crippen molar-refractivity contribution >= 4 is 6.03 Å². The third-order valence-corrected chi connectivity index (χ3v) is 3.55. The normalized spacial score (nSPS) is 18.0. The molecule has 106 valence electrons. The molecule has 0 saturated heterocycles. The number of urea groups is 1. The lowest BCUT2D eigenvalue weighted by Crippen LogP contribution is -2.42. The molecule has 1 aliphatic carbocycles. The summed E-state index contributed by atoms with van der Waals surface area (Å²) in [5, 5.41) is 14.6. The SMILES string of the molecule is CC(O)CCNC(=O)NCCN(C)C1CCCC1. The Hall–Kier alpha value is -0.810. The molecule has 5 heteroatoms. The van der Waals surface area contributed by atoms with Crippen molar-refractivity contribution in [3.8, 4) is 0 Å². The number of rotatable bonds is 7. The van der Waals surface area contributed by atoms with E-state index in [0.29, 0.717) is 25.6 Å². The Morgan fingerprint density at radius 2 is 1.94 bits per heavy atom. The molecule has 0 aromatic carbocycles. The predicted octanol–water partition coefficient (Wildman–Crippen LogP) is 0.931. The van der Waals surface area contributed by atoms with Crippen molar-refractivity contribution in [1.29, 1.82) is 0 Å². The van der Waals surface area contributed by atoms with Gasteiger partial charge in [-0.3, -0.25) is 0 Å². The van der Waals surface area contributed by atoms with Crippen molar-refractivity contribution in [2.45, 2.75) is 51.2 Å². The maximum Gasteiger partial charge on any atom is 0.314 e. The molecule has 0 heterocycles. The first-order valence-electron chi connectivity index (χ1n) is 6.99. The molecule has 5 nitrogen and oxygen atoms in total. The molecule has 0 radical (unpaired) electrons. The number of aliphatic hydroxyl groups is 1. The summed E-state index contributed by atoms with van der Waals surface area (Å²) in [5.41, 5.74) is 0. The fourth-order valence-corrected chi connectivity index (χ4v) is 2.33. The Morgan fingerprint density at radius 1 is 1.33 bits per heavy atom. The minimum atomic E-state index is -0.362. The molecule has 3 N–H and O–H groups in total. The molecule has 0 bridgehead atoms. The van der Waals surface area contributed by atoms with Crippen LogP contribution in [-0.2, 0) is 0 Å². The van der Waals surface area contributed by atoms with Crippen LogP contribution in [0.25, 0.3) is 0 Å². The van der Waals surface area contributed by atoms with Gasteiger partial charge >= 0.3 is 6.03 Å². The molecule has 0 aromatic rings. The van der Waals surface area contributed by atoms with E-state index in [9.17, 15) is 4.79 Å². The predicted molar refractivity (Wildman–Crippen MR) is 72.6 cm³/mol. The van der Waals surface area contributed by atoms with Gasteiger partial charge in [-0.15, -0.1) is 0 Å². The second-order valence-electron chi connectivity index (χ2n) is 5.24. The number of nitrogens with one attached hydrogen (secondary N) is 2. The van der Waals surface area contributed by atoms with Crippen LogP contribution in [0.2, 0.25) is 0 Å². The summed E-state index contributed by atoms with van der Waals surface area (Å²) >= 11 is 0. The second-order valence-corrected chi connectivity index (χ2v) is 5.24. The third-order valence-electron chi connectivity index (χ3n) is 3.55. The number of carbonyl (C=O) groups is 1. The van der Waals surface area contributed by atoms with Gasteiger partial charge in [0.15, 0.2) is 0 Å². The van der Waals surface area contributed by atoms with Crippen molar-refractivity contribution in [3.63, 3.8) is 0 Å². The maximum atomic E-state index is 11.4. The molecular formula is C13H27N3O2. The maximum absolute atomic E-state index is 11.4. The zero-order chi connectivity index (χ0) is 13.4. The minimum Gasteiger partial charge on any atom is -0.393 e. The van der Waals surface area contributed by atoms with Crippen LogP contribution in [0.1, 0.15) is 39.0 Å². The highest BCUT2D eigenvalue weighted by molar-refractivity contribution is 5.73. The number of likely N-dealkylation sites (N-methyl/N-ethyl adjacent to an activating group) is 1. The van der Waals surface area contributed by atoms with Crippen LogP contribution >= 0.6 is 0 Å². The summed E-state index contributed by atoms with van der Waals surface area (Å²) < 4.78 is 0. The highest BCUT2D eigenvalue weighted by Gasteiger charge is 2.18. The first-order valence-corrected chi connectivity index (χ1v) is 6.99. The van der Waals surface area contributed by atoms with Gasteiger partial charge in [-0.25, -0.2) is 4.79 Å². The smallest absolute Gasteiger partial charge is 0.314 e. The standard InChI is InChI=1S/C13H27N3O2/c1-11(17)7-8-14-13(18)15-9-10-16(2)12-5-3-4-6-12/h11-12,17H,3-10H2,1-2H3,(H2,14,15,18). The average Bonchev–Trinajstić information content (AvgIpc) is 2.81. The summed E-state index contributed by atoms with van der Waals surface area (Å²) in [6, 6.07) is 0.556. The molecule has 0 aliphatic heterocycles. The van der Waals surface area contributed by atoms with Crippen LogP contribution in [0.15, 0.2) is 0 Å². The highest BCUT2D eigenvalue weighted by Crippen LogP contribution is 2.21. The van der Waals surface area contributed by atoms with E-state index in [-0.39, 0.29) is 12.1 Å². The Labute approximate surface area is 110 Å². The number of nitrogens with zero attached hydrogens (tertiary/aromatic N) is 1. The number of hydrogen-bond donors (Lipinski definition) is 3. The monoisotopic (exact) mass is 257 g/mol. The zero-order valence-electron chi connectivity index (χ0n) is 11.6. The molecule has 1 unspecified atom stereocenters. The van der Waals surface area contributed by atoms with E-state index in [2.05, 4.69) is 22.6 Å². The summed E-state index contributed by atoms with van der Waals surface area (Å²) in [5.74, 6) is 0. The molecule has 18 heavy (non-hydrogen) atoms. The number of hydrogen-bond acceptors (Lipinski definition) is 3. The van der Waals surface area contributed by atoms with Crippen molar-refractivity contribution in [2.75, 3.05) is 26.7 Å². The van der Waals surface area contributed by atoms with E-state index in [4.69, 9.17) is 5.11 Å². The van der Waals surface area contributed by atoms with E-state index in [1.807, 2.05) is 0 Å². The first-order chi connectivity index (χ1) is 8.59. The van der Waals surface area contributed by atoms with Gasteiger partial charge in [-0.1, -0.05) is 12.8 Å². The van der Waals surface area contributed by atoms with Crippen LogP contribution in [0.5, 0.6) is 0 Å². The molecule has 0 spiro atoms. The number of carbonyl (C=O) groups excluding carboxylic acids is 1. The van der Waals surface area contributed by atoms with E-state index >= 15 is 0 Å². The number of aliphatic hydroxyl groups excluding tert-OH is 1. The second kappa shape index (κ2) is 8.32. The van der Waals surface area contributed by atoms with Crippen LogP contribution in [0, 0.1) is 0 Å². The Kier molecular flexibility index (Phi) is 7.05. The molecule has 2 amide bonds. The minimum absolute atomic E-state index is 0.143. The Balaban J connectivity index is 2.00. The van der Waals surface area contributed by atoms with Gasteiger partial charge in [-0.05, 0) is 33.2 Å². The number of amides is 2. The summed E-state index contributed by atoms with van der Waals surface area (Å²) in [6.45, 7) is 3.81. The molecular weight excluding hydrogens is 230 g/mol. The van der Waals surface area contributed by atoms with Gasteiger partial charge < -0.3 is 20.6 Å². The van der Waals surface area contributed by atoms with Gasteiger partial charge in [0, 0.05) is 25.7 Å². The first kappa shape index (κ1) is 15.2. The van der Waals surface area contributed by atoms with Gasteiger partial charge in [0.05, 0.1) is 6.10 Å². The Bertz CT molecular complexity index is 240. The van der Waals surface area contributed by atoms with E-state index in [1.165, 1.54) is 25.7 Å².